The Labute approximate surface area is 116 Å². The van der Waals surface area contributed by atoms with E-state index in [0.717, 1.165) is 19.4 Å². The molecule has 0 aromatic carbocycles. The van der Waals surface area contributed by atoms with Crippen LogP contribution in [0.1, 0.15) is 51.9 Å². The Balaban J connectivity index is 2.08. The van der Waals surface area contributed by atoms with E-state index in [1.54, 1.807) is 0 Å². The molecule has 2 fully saturated rings. The van der Waals surface area contributed by atoms with E-state index in [1.165, 1.54) is 32.1 Å². The Hall–Kier alpha value is -0.610. The largest absolute Gasteiger partial charge is 0.391 e. The van der Waals surface area contributed by atoms with Crippen LogP contribution < -0.4 is 5.73 Å². The highest BCUT2D eigenvalue weighted by molar-refractivity contribution is 5.81. The number of nitrogens with two attached hydrogens (primary N) is 1. The van der Waals surface area contributed by atoms with Crippen molar-refractivity contribution in [3.05, 3.63) is 6.42 Å². The van der Waals surface area contributed by atoms with Crippen molar-refractivity contribution in [3.63, 3.8) is 0 Å². The van der Waals surface area contributed by atoms with E-state index in [9.17, 15) is 9.90 Å². The molecule has 1 amide bonds. The van der Waals surface area contributed by atoms with Crippen LogP contribution in [0.3, 0.4) is 0 Å². The predicted octanol–water partition coefficient (Wildman–Crippen LogP) is 1.47. The Kier molecular flexibility index (Phi) is 5.22. The van der Waals surface area contributed by atoms with Crippen molar-refractivity contribution in [2.45, 2.75) is 70.1 Å². The number of aliphatic hydroxyl groups excluding tert-OH is 1. The summed E-state index contributed by atoms with van der Waals surface area (Å²) in [4.78, 5) is 13.9. The maximum absolute atomic E-state index is 11.7. The van der Waals surface area contributed by atoms with Gasteiger partial charge in [-0.2, -0.15) is 0 Å². The molecule has 1 unspecified atom stereocenters. The molecule has 0 aromatic heterocycles. The summed E-state index contributed by atoms with van der Waals surface area (Å²) >= 11 is 0. The highest BCUT2D eigenvalue weighted by Crippen LogP contribution is 2.29. The Morgan fingerprint density at radius 3 is 2.63 bits per heavy atom. The molecule has 1 saturated carbocycles. The fourth-order valence-corrected chi connectivity index (χ4v) is 3.57. The molecule has 2 rings (SSSR count). The van der Waals surface area contributed by atoms with Gasteiger partial charge in [0.25, 0.3) is 0 Å². The lowest BCUT2D eigenvalue weighted by molar-refractivity contribution is -0.127. The molecule has 0 aromatic rings. The molecule has 3 atom stereocenters. The van der Waals surface area contributed by atoms with Crippen LogP contribution in [0.4, 0.5) is 0 Å². The monoisotopic (exact) mass is 267 g/mol. The lowest BCUT2D eigenvalue weighted by atomic mass is 9.88. The van der Waals surface area contributed by atoms with E-state index >= 15 is 0 Å². The Morgan fingerprint density at radius 2 is 2.00 bits per heavy atom. The summed E-state index contributed by atoms with van der Waals surface area (Å²) < 4.78 is 0. The molecule has 19 heavy (non-hydrogen) atoms. The maximum atomic E-state index is 11.7. The first-order valence-corrected chi connectivity index (χ1v) is 7.66. The van der Waals surface area contributed by atoms with Gasteiger partial charge in [0.15, 0.2) is 0 Å². The third-order valence-electron chi connectivity index (χ3n) is 4.72. The van der Waals surface area contributed by atoms with E-state index in [0.29, 0.717) is 12.0 Å². The highest BCUT2D eigenvalue weighted by atomic mass is 16.3. The minimum Gasteiger partial charge on any atom is -0.391 e. The highest BCUT2D eigenvalue weighted by Gasteiger charge is 2.37. The molecule has 1 saturated heterocycles. The maximum Gasteiger partial charge on any atom is 0.237 e. The average molecular weight is 267 g/mol. The van der Waals surface area contributed by atoms with Gasteiger partial charge in [0, 0.05) is 12.6 Å². The minimum absolute atomic E-state index is 0.313. The van der Waals surface area contributed by atoms with Crippen molar-refractivity contribution < 1.29 is 9.90 Å². The van der Waals surface area contributed by atoms with Crippen LogP contribution in [0.15, 0.2) is 0 Å². The van der Waals surface area contributed by atoms with E-state index < -0.39 is 18.1 Å². The van der Waals surface area contributed by atoms with Crippen LogP contribution in [0, 0.1) is 12.3 Å². The van der Waals surface area contributed by atoms with Crippen molar-refractivity contribution >= 4 is 5.91 Å². The number of aliphatic hydroxyl groups is 1. The van der Waals surface area contributed by atoms with E-state index in [-0.39, 0.29) is 0 Å². The van der Waals surface area contributed by atoms with Gasteiger partial charge in [-0.15, -0.1) is 0 Å². The van der Waals surface area contributed by atoms with Crippen molar-refractivity contribution in [3.8, 4) is 0 Å². The van der Waals surface area contributed by atoms with Gasteiger partial charge in [-0.1, -0.05) is 19.3 Å². The first kappa shape index (κ1) is 14.8. The van der Waals surface area contributed by atoms with Crippen molar-refractivity contribution in [1.82, 2.24) is 4.90 Å². The van der Waals surface area contributed by atoms with Crippen molar-refractivity contribution in [2.75, 3.05) is 6.54 Å². The van der Waals surface area contributed by atoms with Crippen LogP contribution in [-0.2, 0) is 4.79 Å². The average Bonchev–Trinajstić information content (AvgIpc) is 2.51. The van der Waals surface area contributed by atoms with Gasteiger partial charge in [-0.05, 0) is 44.9 Å². The normalized spacial score (nSPS) is 34.9. The number of likely N-dealkylation sites (tertiary alicyclic amines) is 1. The minimum atomic E-state index is -0.717. The molecule has 0 spiro atoms. The topological polar surface area (TPSA) is 66.6 Å². The molecule has 3 N–H and O–H groups in total. The molecule has 109 valence electrons. The van der Waals surface area contributed by atoms with Crippen LogP contribution in [-0.4, -0.2) is 40.6 Å². The number of carbonyl (C=O) groups is 1. The number of carbonyl (C=O) groups excluding carboxylic acids is 1. The van der Waals surface area contributed by atoms with Gasteiger partial charge in [0.1, 0.15) is 6.04 Å². The zero-order chi connectivity index (χ0) is 13.8. The number of hydrogen-bond acceptors (Lipinski definition) is 3. The number of amides is 1. The quantitative estimate of drug-likeness (QED) is 0.813. The standard InChI is InChI=1S/C15H27N2O2/c1-11-6-5-9-13(18)14(15(16)19)17(11)10-12-7-3-2-4-8-12/h9,11-14,18H,2-8,10H2,1H3,(H2,16,19)/t11-,13+,14?/m1/s1. The second kappa shape index (κ2) is 6.71. The lowest BCUT2D eigenvalue weighted by Crippen LogP contribution is -2.55. The lowest BCUT2D eigenvalue weighted by Gasteiger charge is -2.38. The molecule has 1 aliphatic heterocycles. The molecule has 4 nitrogen and oxygen atoms in total. The molecule has 2 aliphatic rings. The molecule has 1 radical (unpaired) electrons. The van der Waals surface area contributed by atoms with Gasteiger partial charge in [0.2, 0.25) is 5.91 Å². The molecular weight excluding hydrogens is 240 g/mol. The number of nitrogens with zero attached hydrogens (tertiary/aromatic N) is 1. The van der Waals surface area contributed by atoms with Gasteiger partial charge in [0.05, 0.1) is 6.10 Å². The van der Waals surface area contributed by atoms with Crippen LogP contribution >= 0.6 is 0 Å². The molecule has 4 heteroatoms. The smallest absolute Gasteiger partial charge is 0.237 e. The fraction of sp³-hybridized carbons (Fsp3) is 0.867. The summed E-state index contributed by atoms with van der Waals surface area (Å²) in [6.07, 6.45) is 9.38. The van der Waals surface area contributed by atoms with E-state index in [1.807, 2.05) is 6.42 Å². The second-order valence-electron chi connectivity index (χ2n) is 6.20. The predicted molar refractivity (Wildman–Crippen MR) is 75.3 cm³/mol. The fourth-order valence-electron chi connectivity index (χ4n) is 3.57. The van der Waals surface area contributed by atoms with Crippen LogP contribution in [0.25, 0.3) is 0 Å². The van der Waals surface area contributed by atoms with Crippen LogP contribution in [0.2, 0.25) is 0 Å². The van der Waals surface area contributed by atoms with Gasteiger partial charge in [-0.3, -0.25) is 9.69 Å². The van der Waals surface area contributed by atoms with E-state index in [4.69, 9.17) is 5.73 Å². The first-order chi connectivity index (χ1) is 9.09. The summed E-state index contributed by atoms with van der Waals surface area (Å²) in [6, 6.07) is -0.229. The van der Waals surface area contributed by atoms with Gasteiger partial charge >= 0.3 is 0 Å². The molecular formula is C15H27N2O2. The SMILES string of the molecule is C[C@@H]1CC[CH][C@H](O)C(C(N)=O)N1CC1CCCCC1. The van der Waals surface area contributed by atoms with Crippen LogP contribution in [0.5, 0.6) is 0 Å². The zero-order valence-electron chi connectivity index (χ0n) is 11.9. The Morgan fingerprint density at radius 1 is 1.32 bits per heavy atom. The van der Waals surface area contributed by atoms with Gasteiger partial charge in [-0.25, -0.2) is 0 Å². The number of rotatable bonds is 3. The Bertz CT molecular complexity index is 303. The second-order valence-corrected chi connectivity index (χ2v) is 6.20. The first-order valence-electron chi connectivity index (χ1n) is 7.66. The summed E-state index contributed by atoms with van der Waals surface area (Å²) in [6.45, 7) is 3.05. The van der Waals surface area contributed by atoms with Gasteiger partial charge < -0.3 is 10.8 Å². The number of hydrogen-bond donors (Lipinski definition) is 2. The summed E-state index contributed by atoms with van der Waals surface area (Å²) in [5.41, 5.74) is 5.52. The molecule has 0 bridgehead atoms. The third-order valence-corrected chi connectivity index (χ3v) is 4.72. The summed E-state index contributed by atoms with van der Waals surface area (Å²) in [5, 5.41) is 10.1. The molecule has 1 heterocycles. The van der Waals surface area contributed by atoms with Crippen molar-refractivity contribution in [1.29, 1.82) is 0 Å². The summed E-state index contributed by atoms with van der Waals surface area (Å²) in [7, 11) is 0. The third kappa shape index (κ3) is 3.69. The molecule has 1 aliphatic carbocycles. The number of primary amides is 1. The van der Waals surface area contributed by atoms with Crippen molar-refractivity contribution in [2.24, 2.45) is 11.7 Å². The summed E-state index contributed by atoms with van der Waals surface area (Å²) in [5.74, 6) is 0.261. The van der Waals surface area contributed by atoms with E-state index in [2.05, 4.69) is 11.8 Å². The zero-order valence-corrected chi connectivity index (χ0v) is 11.9.